The largest absolute Gasteiger partial charge is 0.388 e. The Labute approximate surface area is 72.5 Å². The molecule has 1 rings (SSSR count). The van der Waals surface area contributed by atoms with Crippen molar-refractivity contribution in [3.8, 4) is 0 Å². The highest BCUT2D eigenvalue weighted by molar-refractivity contribution is 5.44. The van der Waals surface area contributed by atoms with Gasteiger partial charge in [-0.2, -0.15) is 0 Å². The molecule has 0 saturated carbocycles. The first kappa shape index (κ1) is 9.03. The first-order chi connectivity index (χ1) is 5.77. The minimum absolute atomic E-state index is 0.0455. The van der Waals surface area contributed by atoms with Gasteiger partial charge in [0.05, 0.1) is 0 Å². The third-order valence-corrected chi connectivity index (χ3v) is 1.87. The number of benzene rings is 1. The van der Waals surface area contributed by atoms with E-state index in [9.17, 15) is 0 Å². The third-order valence-electron chi connectivity index (χ3n) is 1.87. The Balaban J connectivity index is 2.77. The molecule has 0 aliphatic rings. The lowest BCUT2D eigenvalue weighted by Gasteiger charge is -2.09. The van der Waals surface area contributed by atoms with Crippen LogP contribution in [-0.4, -0.2) is 7.05 Å². The van der Waals surface area contributed by atoms with Crippen LogP contribution in [0.25, 0.3) is 0 Å². The molecule has 3 nitrogen and oxygen atoms in total. The van der Waals surface area contributed by atoms with Crippen LogP contribution < -0.4 is 11.2 Å². The molecule has 3 N–H and O–H groups in total. The summed E-state index contributed by atoms with van der Waals surface area (Å²) in [4.78, 5) is 4.69. The van der Waals surface area contributed by atoms with Gasteiger partial charge >= 0.3 is 0 Å². The van der Waals surface area contributed by atoms with E-state index >= 15 is 0 Å². The molecule has 1 aromatic carbocycles. The molecule has 66 valence electrons. The van der Waals surface area contributed by atoms with Gasteiger partial charge in [-0.3, -0.25) is 4.84 Å². The number of hydrogen-bond donors (Lipinski definition) is 2. The Morgan fingerprint density at radius 2 is 1.92 bits per heavy atom. The summed E-state index contributed by atoms with van der Waals surface area (Å²) in [6, 6.07) is 7.96. The predicted octanol–water partition coefficient (Wildman–Crippen LogP) is 1.68. The second-order valence-corrected chi connectivity index (χ2v) is 2.65. The Kier molecular flexibility index (Phi) is 3.08. The summed E-state index contributed by atoms with van der Waals surface area (Å²) in [6.07, 6.45) is -0.0455. The zero-order valence-corrected chi connectivity index (χ0v) is 7.37. The molecule has 0 amide bonds. The lowest BCUT2D eigenvalue weighted by atomic mass is 10.1. The van der Waals surface area contributed by atoms with Gasteiger partial charge in [0.15, 0.2) is 0 Å². The predicted molar refractivity (Wildman–Crippen MR) is 49.7 cm³/mol. The molecule has 0 fully saturated rings. The van der Waals surface area contributed by atoms with E-state index in [0.29, 0.717) is 0 Å². The highest BCUT2D eigenvalue weighted by atomic mass is 16.6. The van der Waals surface area contributed by atoms with Crippen molar-refractivity contribution in [2.24, 2.45) is 5.90 Å². The summed E-state index contributed by atoms with van der Waals surface area (Å²) in [7, 11) is 1.89. The summed E-state index contributed by atoms with van der Waals surface area (Å²) >= 11 is 0. The van der Waals surface area contributed by atoms with Crippen LogP contribution in [0, 0.1) is 0 Å². The van der Waals surface area contributed by atoms with Crippen LogP contribution in [0.5, 0.6) is 0 Å². The maximum absolute atomic E-state index is 5.06. The van der Waals surface area contributed by atoms with Crippen molar-refractivity contribution in [3.05, 3.63) is 29.8 Å². The molecule has 0 spiro atoms. The van der Waals surface area contributed by atoms with Gasteiger partial charge in [0.2, 0.25) is 0 Å². The minimum Gasteiger partial charge on any atom is -0.388 e. The van der Waals surface area contributed by atoms with Crippen molar-refractivity contribution in [1.82, 2.24) is 0 Å². The molecule has 1 aromatic rings. The normalized spacial score (nSPS) is 12.6. The number of hydrogen-bond acceptors (Lipinski definition) is 3. The molecule has 12 heavy (non-hydrogen) atoms. The number of anilines is 1. The van der Waals surface area contributed by atoms with Crippen molar-refractivity contribution >= 4 is 5.69 Å². The average molecular weight is 166 g/mol. The summed E-state index contributed by atoms with van der Waals surface area (Å²) in [6.45, 7) is 1.91. The Morgan fingerprint density at radius 3 is 2.33 bits per heavy atom. The van der Waals surface area contributed by atoms with Gasteiger partial charge < -0.3 is 5.32 Å². The molecule has 1 unspecified atom stereocenters. The number of nitrogens with two attached hydrogens (primary N) is 1. The van der Waals surface area contributed by atoms with Crippen LogP contribution in [0.4, 0.5) is 5.69 Å². The number of rotatable bonds is 3. The van der Waals surface area contributed by atoms with Crippen LogP contribution >= 0.6 is 0 Å². The number of nitrogens with one attached hydrogen (secondary N) is 1. The second kappa shape index (κ2) is 4.09. The van der Waals surface area contributed by atoms with Crippen molar-refractivity contribution < 1.29 is 4.84 Å². The topological polar surface area (TPSA) is 47.3 Å². The van der Waals surface area contributed by atoms with Gasteiger partial charge in [-0.1, -0.05) is 12.1 Å². The van der Waals surface area contributed by atoms with E-state index < -0.39 is 0 Å². The SMILES string of the molecule is CNc1ccc(C(C)ON)cc1. The van der Waals surface area contributed by atoms with Crippen LogP contribution in [0.15, 0.2) is 24.3 Å². The first-order valence-electron chi connectivity index (χ1n) is 3.91. The van der Waals surface area contributed by atoms with E-state index in [-0.39, 0.29) is 6.10 Å². The molecule has 1 atom stereocenters. The lowest BCUT2D eigenvalue weighted by molar-refractivity contribution is 0.0664. The minimum atomic E-state index is -0.0455. The highest BCUT2D eigenvalue weighted by Gasteiger charge is 2.02. The summed E-state index contributed by atoms with van der Waals surface area (Å²) in [5.74, 6) is 5.06. The fourth-order valence-corrected chi connectivity index (χ4v) is 0.999. The monoisotopic (exact) mass is 166 g/mol. The summed E-state index contributed by atoms with van der Waals surface area (Å²) < 4.78 is 0. The van der Waals surface area contributed by atoms with Crippen molar-refractivity contribution in [3.63, 3.8) is 0 Å². The smallest absolute Gasteiger partial charge is 0.101 e. The second-order valence-electron chi connectivity index (χ2n) is 2.65. The molecule has 0 radical (unpaired) electrons. The molecule has 3 heteroatoms. The van der Waals surface area contributed by atoms with E-state index in [1.165, 1.54) is 0 Å². The molecular formula is C9H14N2O. The fraction of sp³-hybridized carbons (Fsp3) is 0.333. The lowest BCUT2D eigenvalue weighted by Crippen LogP contribution is -2.05. The van der Waals surface area contributed by atoms with Crippen molar-refractivity contribution in [2.45, 2.75) is 13.0 Å². The van der Waals surface area contributed by atoms with Gasteiger partial charge in [-0.05, 0) is 24.6 Å². The Bertz CT molecular complexity index is 233. The summed E-state index contributed by atoms with van der Waals surface area (Å²) in [5, 5.41) is 3.04. The first-order valence-corrected chi connectivity index (χ1v) is 3.91. The van der Waals surface area contributed by atoms with E-state index in [0.717, 1.165) is 11.3 Å². The maximum Gasteiger partial charge on any atom is 0.101 e. The van der Waals surface area contributed by atoms with Crippen LogP contribution in [0.2, 0.25) is 0 Å². The van der Waals surface area contributed by atoms with Gasteiger partial charge in [-0.25, -0.2) is 5.90 Å². The van der Waals surface area contributed by atoms with Crippen molar-refractivity contribution in [2.75, 3.05) is 12.4 Å². The van der Waals surface area contributed by atoms with Crippen LogP contribution in [0.3, 0.4) is 0 Å². The Hall–Kier alpha value is -1.06. The molecule has 0 saturated heterocycles. The molecule has 0 aromatic heterocycles. The van der Waals surface area contributed by atoms with Gasteiger partial charge in [0, 0.05) is 12.7 Å². The van der Waals surface area contributed by atoms with Crippen LogP contribution in [0.1, 0.15) is 18.6 Å². The molecule has 0 aliphatic carbocycles. The molecule has 0 heterocycles. The van der Waals surface area contributed by atoms with Gasteiger partial charge in [0.1, 0.15) is 6.10 Å². The zero-order valence-electron chi connectivity index (χ0n) is 7.37. The fourth-order valence-electron chi connectivity index (χ4n) is 0.999. The molecule has 0 bridgehead atoms. The Morgan fingerprint density at radius 1 is 1.33 bits per heavy atom. The zero-order chi connectivity index (χ0) is 8.97. The molecule has 0 aliphatic heterocycles. The quantitative estimate of drug-likeness (QED) is 0.671. The third kappa shape index (κ3) is 1.96. The highest BCUT2D eigenvalue weighted by Crippen LogP contribution is 2.16. The van der Waals surface area contributed by atoms with Crippen molar-refractivity contribution in [1.29, 1.82) is 0 Å². The van der Waals surface area contributed by atoms with E-state index in [4.69, 9.17) is 5.90 Å². The van der Waals surface area contributed by atoms with Gasteiger partial charge in [0.25, 0.3) is 0 Å². The van der Waals surface area contributed by atoms with E-state index in [1.807, 2.05) is 38.2 Å². The van der Waals surface area contributed by atoms with Gasteiger partial charge in [-0.15, -0.1) is 0 Å². The summed E-state index contributed by atoms with van der Waals surface area (Å²) in [5.41, 5.74) is 2.17. The molecular weight excluding hydrogens is 152 g/mol. The maximum atomic E-state index is 5.06. The standard InChI is InChI=1S/C9H14N2O/c1-7(12-10)8-3-5-9(11-2)6-4-8/h3-7,11H,10H2,1-2H3. The average Bonchev–Trinajstić information content (AvgIpc) is 2.17. The van der Waals surface area contributed by atoms with E-state index in [1.54, 1.807) is 0 Å². The van der Waals surface area contributed by atoms with Crippen LogP contribution in [-0.2, 0) is 4.84 Å². The van der Waals surface area contributed by atoms with E-state index in [2.05, 4.69) is 10.2 Å².